The number of rotatable bonds is 3. The van der Waals surface area contributed by atoms with Gasteiger partial charge < -0.3 is 10.4 Å². The maximum absolute atomic E-state index is 10.9. The number of nitrogens with zero attached hydrogens (tertiary/aromatic N) is 1. The van der Waals surface area contributed by atoms with E-state index < -0.39 is 0 Å². The molecule has 0 radical (unpaired) electrons. The van der Waals surface area contributed by atoms with Gasteiger partial charge in [0.25, 0.3) is 0 Å². The van der Waals surface area contributed by atoms with Crippen LogP contribution in [0.3, 0.4) is 0 Å². The molecule has 0 unspecified atom stereocenters. The SMILES string of the molecule is CC(=O)Nc1c(O)ccc(Cl)c1CN=C=O. The molecule has 0 fully saturated rings. The van der Waals surface area contributed by atoms with Crippen molar-refractivity contribution < 1.29 is 14.7 Å². The lowest BCUT2D eigenvalue weighted by atomic mass is 10.1. The summed E-state index contributed by atoms with van der Waals surface area (Å²) in [4.78, 5) is 24.3. The number of halogens is 1. The molecule has 84 valence electrons. The standard InChI is InChI=1S/C10H9ClN2O3/c1-6(15)13-10-7(4-12-5-14)8(11)2-3-9(10)16/h2-3,16H,4H2,1H3,(H,13,15). The summed E-state index contributed by atoms with van der Waals surface area (Å²) in [6.45, 7) is 1.25. The molecule has 1 rings (SSSR count). The Bertz CT molecular complexity index is 438. The summed E-state index contributed by atoms with van der Waals surface area (Å²) in [6, 6.07) is 2.81. The first kappa shape index (κ1) is 12.2. The molecular weight excluding hydrogens is 232 g/mol. The van der Waals surface area contributed by atoms with E-state index in [4.69, 9.17) is 11.6 Å². The Labute approximate surface area is 96.8 Å². The van der Waals surface area contributed by atoms with Crippen LogP contribution >= 0.6 is 11.6 Å². The molecule has 0 heterocycles. The quantitative estimate of drug-likeness (QED) is 0.481. The van der Waals surface area contributed by atoms with Gasteiger partial charge in [0.2, 0.25) is 12.0 Å². The summed E-state index contributed by atoms with van der Waals surface area (Å²) in [7, 11) is 0. The lowest BCUT2D eigenvalue weighted by Crippen LogP contribution is -2.08. The Kier molecular flexibility index (Phi) is 4.05. The van der Waals surface area contributed by atoms with Crippen molar-refractivity contribution in [3.8, 4) is 5.75 Å². The van der Waals surface area contributed by atoms with Crippen LogP contribution in [0.25, 0.3) is 0 Å². The van der Waals surface area contributed by atoms with Gasteiger partial charge in [-0.2, -0.15) is 0 Å². The number of aliphatic imine (C=N–C) groups is 1. The minimum absolute atomic E-state index is 0.0493. The van der Waals surface area contributed by atoms with Crippen LogP contribution in [0.1, 0.15) is 12.5 Å². The fourth-order valence-corrected chi connectivity index (χ4v) is 1.41. The molecule has 0 saturated heterocycles. The van der Waals surface area contributed by atoms with E-state index in [-0.39, 0.29) is 23.9 Å². The van der Waals surface area contributed by atoms with Gasteiger partial charge in [-0.3, -0.25) is 4.79 Å². The lowest BCUT2D eigenvalue weighted by molar-refractivity contribution is -0.114. The fraction of sp³-hybridized carbons (Fsp3) is 0.200. The number of amides is 1. The second kappa shape index (κ2) is 5.30. The molecule has 0 aliphatic carbocycles. The van der Waals surface area contributed by atoms with Crippen molar-refractivity contribution >= 4 is 29.3 Å². The number of isocyanates is 1. The first-order valence-corrected chi connectivity index (χ1v) is 4.75. The van der Waals surface area contributed by atoms with Crippen LogP contribution in [0.4, 0.5) is 5.69 Å². The molecule has 0 saturated carbocycles. The largest absolute Gasteiger partial charge is 0.506 e. The predicted octanol–water partition coefficient (Wildman–Crippen LogP) is 1.84. The summed E-state index contributed by atoms with van der Waals surface area (Å²) in [6.07, 6.45) is 1.37. The highest BCUT2D eigenvalue weighted by Crippen LogP contribution is 2.33. The van der Waals surface area contributed by atoms with E-state index in [0.717, 1.165) is 0 Å². The molecule has 0 aromatic heterocycles. The molecule has 6 heteroatoms. The Morgan fingerprint density at radius 1 is 1.62 bits per heavy atom. The van der Waals surface area contributed by atoms with Crippen molar-refractivity contribution in [2.75, 3.05) is 5.32 Å². The van der Waals surface area contributed by atoms with Crippen molar-refractivity contribution in [3.63, 3.8) is 0 Å². The van der Waals surface area contributed by atoms with Crippen LogP contribution in [-0.4, -0.2) is 17.1 Å². The third kappa shape index (κ3) is 2.82. The van der Waals surface area contributed by atoms with Crippen molar-refractivity contribution in [1.29, 1.82) is 0 Å². The molecule has 1 amide bonds. The maximum atomic E-state index is 10.9. The molecule has 1 aromatic rings. The van der Waals surface area contributed by atoms with Crippen molar-refractivity contribution in [2.24, 2.45) is 4.99 Å². The molecule has 0 spiro atoms. The van der Waals surface area contributed by atoms with Gasteiger partial charge in [0.15, 0.2) is 0 Å². The predicted molar refractivity (Wildman–Crippen MR) is 59.2 cm³/mol. The number of phenolic OH excluding ortho intramolecular Hbond substituents is 1. The Morgan fingerprint density at radius 3 is 2.88 bits per heavy atom. The van der Waals surface area contributed by atoms with E-state index in [9.17, 15) is 14.7 Å². The number of aromatic hydroxyl groups is 1. The van der Waals surface area contributed by atoms with E-state index in [2.05, 4.69) is 10.3 Å². The number of phenols is 1. The van der Waals surface area contributed by atoms with Crippen LogP contribution in [0.5, 0.6) is 5.75 Å². The average Bonchev–Trinajstić information content (AvgIpc) is 2.22. The Morgan fingerprint density at radius 2 is 2.31 bits per heavy atom. The fourth-order valence-electron chi connectivity index (χ4n) is 1.19. The third-order valence-electron chi connectivity index (χ3n) is 1.84. The lowest BCUT2D eigenvalue weighted by Gasteiger charge is -2.11. The number of carbonyl (C=O) groups is 1. The minimum atomic E-state index is -0.353. The summed E-state index contributed by atoms with van der Waals surface area (Å²) < 4.78 is 0. The number of nitrogens with one attached hydrogen (secondary N) is 1. The average molecular weight is 241 g/mol. The van der Waals surface area contributed by atoms with Gasteiger partial charge in [0.1, 0.15) is 5.75 Å². The molecule has 0 atom stereocenters. The van der Waals surface area contributed by atoms with Crippen LogP contribution in [0, 0.1) is 0 Å². The molecule has 0 aliphatic heterocycles. The van der Waals surface area contributed by atoms with Gasteiger partial charge in [-0.15, -0.1) is 0 Å². The molecule has 1 aromatic carbocycles. The van der Waals surface area contributed by atoms with Crippen LogP contribution in [0.15, 0.2) is 17.1 Å². The van der Waals surface area contributed by atoms with Crippen LogP contribution in [0.2, 0.25) is 5.02 Å². The molecule has 2 N–H and O–H groups in total. The summed E-state index contributed by atoms with van der Waals surface area (Å²) in [5.41, 5.74) is 0.541. The van der Waals surface area contributed by atoms with Crippen LogP contribution < -0.4 is 5.32 Å². The van der Waals surface area contributed by atoms with Gasteiger partial charge >= 0.3 is 0 Å². The Hall–Kier alpha value is -1.84. The number of hydrogen-bond acceptors (Lipinski definition) is 4. The van der Waals surface area contributed by atoms with E-state index in [0.29, 0.717) is 10.6 Å². The second-order valence-electron chi connectivity index (χ2n) is 3.01. The first-order chi connectivity index (χ1) is 7.56. The number of benzene rings is 1. The van der Waals surface area contributed by atoms with Gasteiger partial charge in [0, 0.05) is 17.5 Å². The molecular formula is C10H9ClN2O3. The molecule has 5 nitrogen and oxygen atoms in total. The highest BCUT2D eigenvalue weighted by Gasteiger charge is 2.12. The highest BCUT2D eigenvalue weighted by molar-refractivity contribution is 6.32. The summed E-state index contributed by atoms with van der Waals surface area (Å²) in [5, 5.41) is 12.3. The van der Waals surface area contributed by atoms with E-state index >= 15 is 0 Å². The van der Waals surface area contributed by atoms with Gasteiger partial charge in [0.05, 0.1) is 12.2 Å². The maximum Gasteiger partial charge on any atom is 0.235 e. The number of carbonyl (C=O) groups excluding carboxylic acids is 2. The van der Waals surface area contributed by atoms with Crippen LogP contribution in [-0.2, 0) is 16.1 Å². The summed E-state index contributed by atoms with van der Waals surface area (Å²) in [5.74, 6) is -0.482. The zero-order valence-corrected chi connectivity index (χ0v) is 9.21. The smallest absolute Gasteiger partial charge is 0.235 e. The molecule has 16 heavy (non-hydrogen) atoms. The van der Waals surface area contributed by atoms with Crippen molar-refractivity contribution in [3.05, 3.63) is 22.7 Å². The zero-order chi connectivity index (χ0) is 12.1. The van der Waals surface area contributed by atoms with E-state index in [1.54, 1.807) is 0 Å². The number of hydrogen-bond donors (Lipinski definition) is 2. The van der Waals surface area contributed by atoms with Gasteiger partial charge in [-0.1, -0.05) is 11.6 Å². The van der Waals surface area contributed by atoms with Gasteiger partial charge in [-0.05, 0) is 12.1 Å². The second-order valence-corrected chi connectivity index (χ2v) is 3.42. The van der Waals surface area contributed by atoms with Gasteiger partial charge in [-0.25, -0.2) is 9.79 Å². The van der Waals surface area contributed by atoms with Crippen molar-refractivity contribution in [1.82, 2.24) is 0 Å². The molecule has 0 aliphatic rings. The summed E-state index contributed by atoms with van der Waals surface area (Å²) >= 11 is 5.87. The monoisotopic (exact) mass is 240 g/mol. The third-order valence-corrected chi connectivity index (χ3v) is 2.19. The Balaban J connectivity index is 3.24. The first-order valence-electron chi connectivity index (χ1n) is 4.37. The normalized spacial score (nSPS) is 9.38. The zero-order valence-electron chi connectivity index (χ0n) is 8.45. The van der Waals surface area contributed by atoms with E-state index in [1.165, 1.54) is 25.1 Å². The molecule has 0 bridgehead atoms. The minimum Gasteiger partial charge on any atom is -0.506 e. The number of anilines is 1. The topological polar surface area (TPSA) is 78.8 Å². The highest BCUT2D eigenvalue weighted by atomic mass is 35.5. The van der Waals surface area contributed by atoms with E-state index in [1.807, 2.05) is 0 Å². The van der Waals surface area contributed by atoms with Crippen molar-refractivity contribution in [2.45, 2.75) is 13.5 Å².